The van der Waals surface area contributed by atoms with E-state index in [1.165, 1.54) is 0 Å². The number of alkyl halides is 3. The van der Waals surface area contributed by atoms with Crippen molar-refractivity contribution in [2.24, 2.45) is 11.8 Å². The van der Waals surface area contributed by atoms with E-state index in [1.807, 2.05) is 0 Å². The fraction of sp³-hybridized carbons (Fsp3) is 0.900. The minimum Gasteiger partial charge on any atom is -0.460 e. The molecule has 0 spiro atoms. The SMILES string of the molecule is CC(C)(C)OC(=O)[C@@H]1C[C@H]1COC(F)(F)F. The summed E-state index contributed by atoms with van der Waals surface area (Å²) in [7, 11) is 0. The third-order valence-electron chi connectivity index (χ3n) is 2.09. The zero-order valence-corrected chi connectivity index (χ0v) is 9.43. The Labute approximate surface area is 91.9 Å². The molecule has 1 rings (SSSR count). The molecule has 3 nitrogen and oxygen atoms in total. The van der Waals surface area contributed by atoms with Crippen LogP contribution in [0.2, 0.25) is 0 Å². The standard InChI is InChI=1S/C10H15F3O3/c1-9(2,3)16-8(14)7-4-6(7)5-15-10(11,12)13/h6-7H,4-5H2,1-3H3/t6-,7+/m0/s1. The molecule has 1 aliphatic carbocycles. The van der Waals surface area contributed by atoms with Gasteiger partial charge in [-0.15, -0.1) is 13.2 Å². The van der Waals surface area contributed by atoms with Crippen LogP contribution in [-0.4, -0.2) is 24.5 Å². The van der Waals surface area contributed by atoms with Crippen LogP contribution < -0.4 is 0 Å². The highest BCUT2D eigenvalue weighted by atomic mass is 19.4. The highest BCUT2D eigenvalue weighted by molar-refractivity contribution is 5.76. The topological polar surface area (TPSA) is 35.5 Å². The molecular weight excluding hydrogens is 225 g/mol. The van der Waals surface area contributed by atoms with Crippen LogP contribution in [0.4, 0.5) is 13.2 Å². The van der Waals surface area contributed by atoms with Crippen molar-refractivity contribution in [2.75, 3.05) is 6.61 Å². The third-order valence-corrected chi connectivity index (χ3v) is 2.09. The Hall–Kier alpha value is -0.780. The van der Waals surface area contributed by atoms with Crippen LogP contribution >= 0.6 is 0 Å². The first-order valence-corrected chi connectivity index (χ1v) is 5.02. The van der Waals surface area contributed by atoms with Crippen LogP contribution in [0, 0.1) is 11.8 Å². The van der Waals surface area contributed by atoms with Crippen LogP contribution in [0.15, 0.2) is 0 Å². The lowest BCUT2D eigenvalue weighted by molar-refractivity contribution is -0.326. The highest BCUT2D eigenvalue weighted by Gasteiger charge is 2.47. The van der Waals surface area contributed by atoms with E-state index in [4.69, 9.17) is 4.74 Å². The summed E-state index contributed by atoms with van der Waals surface area (Å²) in [6, 6.07) is 0. The number of carbonyl (C=O) groups excluding carboxylic acids is 1. The Morgan fingerprint density at radius 1 is 1.31 bits per heavy atom. The average Bonchev–Trinajstić information content (AvgIpc) is 2.74. The predicted octanol–water partition coefficient (Wildman–Crippen LogP) is 2.50. The van der Waals surface area contributed by atoms with Crippen LogP contribution in [0.25, 0.3) is 0 Å². The normalized spacial score (nSPS) is 25.4. The summed E-state index contributed by atoms with van der Waals surface area (Å²) in [5.41, 5.74) is -0.602. The van der Waals surface area contributed by atoms with Crippen molar-refractivity contribution in [2.45, 2.75) is 39.2 Å². The first-order chi connectivity index (χ1) is 7.08. The van der Waals surface area contributed by atoms with Crippen molar-refractivity contribution >= 4 is 5.97 Å². The summed E-state index contributed by atoms with van der Waals surface area (Å²) >= 11 is 0. The fourth-order valence-electron chi connectivity index (χ4n) is 1.30. The van der Waals surface area contributed by atoms with Gasteiger partial charge in [0, 0.05) is 0 Å². The van der Waals surface area contributed by atoms with Crippen LogP contribution in [-0.2, 0) is 14.3 Å². The molecule has 0 N–H and O–H groups in total. The number of hydrogen-bond acceptors (Lipinski definition) is 3. The summed E-state index contributed by atoms with van der Waals surface area (Å²) < 4.78 is 43.8. The summed E-state index contributed by atoms with van der Waals surface area (Å²) in [6.45, 7) is 4.69. The molecule has 6 heteroatoms. The molecule has 0 aliphatic heterocycles. The van der Waals surface area contributed by atoms with Gasteiger partial charge in [-0.1, -0.05) is 0 Å². The van der Waals surface area contributed by atoms with Gasteiger partial charge in [-0.05, 0) is 33.1 Å². The van der Waals surface area contributed by atoms with Crippen molar-refractivity contribution in [1.29, 1.82) is 0 Å². The van der Waals surface area contributed by atoms with Gasteiger partial charge in [-0.2, -0.15) is 0 Å². The highest BCUT2D eigenvalue weighted by Crippen LogP contribution is 2.41. The van der Waals surface area contributed by atoms with E-state index in [2.05, 4.69) is 4.74 Å². The number of halogens is 3. The molecule has 16 heavy (non-hydrogen) atoms. The van der Waals surface area contributed by atoms with Crippen LogP contribution in [0.5, 0.6) is 0 Å². The van der Waals surface area contributed by atoms with Crippen molar-refractivity contribution in [3.63, 3.8) is 0 Å². The lowest BCUT2D eigenvalue weighted by atomic mass is 10.2. The number of ether oxygens (including phenoxy) is 2. The van der Waals surface area contributed by atoms with Crippen LogP contribution in [0.1, 0.15) is 27.2 Å². The maximum absolute atomic E-state index is 11.7. The summed E-state index contributed by atoms with van der Waals surface area (Å²) in [4.78, 5) is 11.4. The lowest BCUT2D eigenvalue weighted by Crippen LogP contribution is -2.25. The van der Waals surface area contributed by atoms with Crippen molar-refractivity contribution in [3.8, 4) is 0 Å². The van der Waals surface area contributed by atoms with Gasteiger partial charge in [0.1, 0.15) is 5.60 Å². The minimum atomic E-state index is -4.62. The smallest absolute Gasteiger partial charge is 0.460 e. The molecule has 0 amide bonds. The van der Waals surface area contributed by atoms with E-state index >= 15 is 0 Å². The molecule has 0 saturated heterocycles. The van der Waals surface area contributed by atoms with Gasteiger partial charge in [0.25, 0.3) is 0 Å². The Morgan fingerprint density at radius 3 is 2.31 bits per heavy atom. The molecular formula is C10H15F3O3. The maximum atomic E-state index is 11.7. The molecule has 1 saturated carbocycles. The van der Waals surface area contributed by atoms with Gasteiger partial charge in [-0.3, -0.25) is 9.53 Å². The first kappa shape index (κ1) is 13.3. The molecule has 0 radical (unpaired) electrons. The number of esters is 1. The average molecular weight is 240 g/mol. The van der Waals surface area contributed by atoms with Crippen molar-refractivity contribution in [1.82, 2.24) is 0 Å². The second kappa shape index (κ2) is 4.24. The maximum Gasteiger partial charge on any atom is 0.522 e. The second-order valence-electron chi connectivity index (χ2n) is 4.89. The zero-order chi connectivity index (χ0) is 12.6. The summed E-state index contributed by atoms with van der Waals surface area (Å²) in [5, 5.41) is 0. The van der Waals surface area contributed by atoms with E-state index < -0.39 is 30.5 Å². The van der Waals surface area contributed by atoms with Crippen LogP contribution in [0.3, 0.4) is 0 Å². The Morgan fingerprint density at radius 2 is 1.88 bits per heavy atom. The fourth-order valence-corrected chi connectivity index (χ4v) is 1.30. The summed E-state index contributed by atoms with van der Waals surface area (Å²) in [6.07, 6.45) is -4.22. The molecule has 94 valence electrons. The van der Waals surface area contributed by atoms with E-state index in [-0.39, 0.29) is 5.92 Å². The van der Waals surface area contributed by atoms with Gasteiger partial charge >= 0.3 is 12.3 Å². The Bertz CT molecular complexity index is 267. The monoisotopic (exact) mass is 240 g/mol. The lowest BCUT2D eigenvalue weighted by Gasteiger charge is -2.19. The molecule has 0 aromatic carbocycles. The predicted molar refractivity (Wildman–Crippen MR) is 49.4 cm³/mol. The van der Waals surface area contributed by atoms with Gasteiger partial charge in [-0.25, -0.2) is 0 Å². The molecule has 0 aromatic heterocycles. The van der Waals surface area contributed by atoms with Gasteiger partial charge in [0.2, 0.25) is 0 Å². The molecule has 2 atom stereocenters. The second-order valence-corrected chi connectivity index (χ2v) is 4.89. The van der Waals surface area contributed by atoms with Gasteiger partial charge < -0.3 is 4.74 Å². The molecule has 0 heterocycles. The quantitative estimate of drug-likeness (QED) is 0.711. The number of carbonyl (C=O) groups is 1. The van der Waals surface area contributed by atoms with E-state index in [9.17, 15) is 18.0 Å². The van der Waals surface area contributed by atoms with E-state index in [0.717, 1.165) is 0 Å². The summed E-state index contributed by atoms with van der Waals surface area (Å²) in [5.74, 6) is -1.25. The Balaban J connectivity index is 2.26. The number of hydrogen-bond donors (Lipinski definition) is 0. The zero-order valence-electron chi connectivity index (χ0n) is 9.43. The van der Waals surface area contributed by atoms with Gasteiger partial charge in [0.05, 0.1) is 12.5 Å². The van der Waals surface area contributed by atoms with E-state index in [0.29, 0.717) is 6.42 Å². The molecule has 0 bridgehead atoms. The largest absolute Gasteiger partial charge is 0.522 e. The van der Waals surface area contributed by atoms with Gasteiger partial charge in [0.15, 0.2) is 0 Å². The Kier molecular flexibility index (Phi) is 3.52. The third kappa shape index (κ3) is 4.83. The molecule has 0 unspecified atom stereocenters. The first-order valence-electron chi connectivity index (χ1n) is 5.02. The number of rotatable bonds is 3. The van der Waals surface area contributed by atoms with Crippen molar-refractivity contribution in [3.05, 3.63) is 0 Å². The van der Waals surface area contributed by atoms with E-state index in [1.54, 1.807) is 20.8 Å². The minimum absolute atomic E-state index is 0.364. The molecule has 0 aromatic rings. The molecule has 1 fully saturated rings. The van der Waals surface area contributed by atoms with Crippen molar-refractivity contribution < 1.29 is 27.4 Å². The molecule has 1 aliphatic rings.